The Morgan fingerprint density at radius 1 is 1.57 bits per heavy atom. The van der Waals surface area contributed by atoms with Crippen molar-refractivity contribution in [1.82, 2.24) is 0 Å². The van der Waals surface area contributed by atoms with Gasteiger partial charge in [0.1, 0.15) is 0 Å². The molecule has 0 aliphatic heterocycles. The van der Waals surface area contributed by atoms with Crippen LogP contribution in [-0.2, 0) is 22.4 Å². The summed E-state index contributed by atoms with van der Waals surface area (Å²) in [6, 6.07) is 0. The van der Waals surface area contributed by atoms with Crippen LogP contribution in [0.5, 0.6) is 0 Å². The predicted octanol–water partition coefficient (Wildman–Crippen LogP) is 0.761. The second-order valence-corrected chi connectivity index (χ2v) is 1.17. The minimum atomic E-state index is 0. The Balaban J connectivity index is 0. The van der Waals surface area contributed by atoms with E-state index in [1.165, 1.54) is 0 Å². The Kier molecular flexibility index (Phi) is 15.0. The van der Waals surface area contributed by atoms with E-state index in [4.69, 9.17) is 5.73 Å². The molecule has 0 heterocycles. The van der Waals surface area contributed by atoms with E-state index in [-0.39, 0.29) is 22.4 Å². The number of nitrogens with two attached hydrogens (primary N) is 1. The summed E-state index contributed by atoms with van der Waals surface area (Å²) in [5, 5.41) is 0. The van der Waals surface area contributed by atoms with Crippen molar-refractivity contribution >= 4 is 0 Å². The number of hydrogen-bond acceptors (Lipinski definition) is 1. The molecule has 0 aromatic rings. The van der Waals surface area contributed by atoms with Gasteiger partial charge < -0.3 is 19.1 Å². The largest absolute Gasteiger partial charge is 2.00 e. The molecule has 0 unspecified atom stereocenters. The van der Waals surface area contributed by atoms with Gasteiger partial charge in [0.2, 0.25) is 0 Å². The smallest absolute Gasteiger partial charge is 0.360 e. The van der Waals surface area contributed by atoms with E-state index in [1.807, 2.05) is 6.42 Å². The van der Waals surface area contributed by atoms with Crippen LogP contribution in [0.15, 0.2) is 0 Å². The number of rotatable bonds is 3. The molecule has 0 rings (SSSR count). The molecule has 0 atom stereocenters. The first-order chi connectivity index (χ1) is 2.91. The van der Waals surface area contributed by atoms with Crippen molar-refractivity contribution in [3.8, 4) is 0 Å². The van der Waals surface area contributed by atoms with Crippen LogP contribution in [0.4, 0.5) is 0 Å². The molecule has 0 spiro atoms. The van der Waals surface area contributed by atoms with Crippen molar-refractivity contribution in [3.63, 3.8) is 0 Å². The fourth-order valence-corrected chi connectivity index (χ4v) is 0.262. The van der Waals surface area contributed by atoms with Crippen molar-refractivity contribution in [3.05, 3.63) is 13.3 Å². The quantitative estimate of drug-likeness (QED) is 0.385. The molecule has 41 valence electrons. The van der Waals surface area contributed by atoms with Crippen molar-refractivity contribution in [1.29, 1.82) is 0 Å². The van der Waals surface area contributed by atoms with Crippen molar-refractivity contribution < 1.29 is 22.4 Å². The van der Waals surface area contributed by atoms with Gasteiger partial charge in [-0.2, -0.15) is 0 Å². The standard InChI is InChI=1S/C5H11N.Nb/c1-2-3-4-5-6;/h4H,1-3,5-6H2;/q-2;+2. The summed E-state index contributed by atoms with van der Waals surface area (Å²) in [6.45, 7) is 4.33. The maximum Gasteiger partial charge on any atom is 2.00 e. The SMILES string of the molecule is [CH2-]CC[CH-]CN.[Nb+2]. The average molecular weight is 178 g/mol. The third-order valence-electron chi connectivity index (χ3n) is 0.575. The Hall–Kier alpha value is 0.700. The molecule has 0 saturated carbocycles. The molecular formula is C5H11NNb. The van der Waals surface area contributed by atoms with Crippen LogP contribution >= 0.6 is 0 Å². The average Bonchev–Trinajstić information content (AvgIpc) is 1.61. The maximum absolute atomic E-state index is 5.13. The second kappa shape index (κ2) is 9.85. The van der Waals surface area contributed by atoms with Gasteiger partial charge in [0.25, 0.3) is 0 Å². The fourth-order valence-electron chi connectivity index (χ4n) is 0.262. The minimum Gasteiger partial charge on any atom is -0.360 e. The summed E-state index contributed by atoms with van der Waals surface area (Å²) in [4.78, 5) is 0. The molecule has 0 aliphatic rings. The third kappa shape index (κ3) is 10.8. The molecule has 1 nitrogen and oxygen atoms in total. The van der Waals surface area contributed by atoms with Gasteiger partial charge in [0.05, 0.1) is 0 Å². The number of unbranched alkanes of at least 4 members (excludes halogenated alkanes) is 2. The van der Waals surface area contributed by atoms with E-state index in [0.29, 0.717) is 6.54 Å². The van der Waals surface area contributed by atoms with E-state index in [1.54, 1.807) is 0 Å². The van der Waals surface area contributed by atoms with Crippen LogP contribution in [0.3, 0.4) is 0 Å². The Bertz CT molecular complexity index is 20.0. The molecule has 2 heteroatoms. The minimum absolute atomic E-state index is 0. The first-order valence-corrected chi connectivity index (χ1v) is 2.22. The first kappa shape index (κ1) is 10.6. The Morgan fingerprint density at radius 2 is 2.14 bits per heavy atom. The summed E-state index contributed by atoms with van der Waals surface area (Å²) >= 11 is 0. The van der Waals surface area contributed by atoms with Crippen LogP contribution in [0.2, 0.25) is 0 Å². The van der Waals surface area contributed by atoms with E-state index >= 15 is 0 Å². The van der Waals surface area contributed by atoms with Crippen molar-refractivity contribution in [2.24, 2.45) is 5.73 Å². The van der Waals surface area contributed by atoms with Gasteiger partial charge in [0.15, 0.2) is 0 Å². The van der Waals surface area contributed by atoms with Gasteiger partial charge in [0, 0.05) is 0 Å². The second-order valence-electron chi connectivity index (χ2n) is 1.17. The van der Waals surface area contributed by atoms with E-state index in [2.05, 4.69) is 6.92 Å². The Labute approximate surface area is 61.2 Å². The molecular weight excluding hydrogens is 167 g/mol. The molecule has 2 N–H and O–H groups in total. The molecule has 1 radical (unpaired) electrons. The number of hydrogen-bond donors (Lipinski definition) is 1. The molecule has 0 aromatic carbocycles. The summed E-state index contributed by atoms with van der Waals surface area (Å²) < 4.78 is 0. The Morgan fingerprint density at radius 3 is 2.29 bits per heavy atom. The summed E-state index contributed by atoms with van der Waals surface area (Å²) in [7, 11) is 0. The zero-order valence-corrected chi connectivity index (χ0v) is 6.63. The first-order valence-electron chi connectivity index (χ1n) is 2.22. The van der Waals surface area contributed by atoms with Gasteiger partial charge in [-0.15, -0.1) is 6.54 Å². The van der Waals surface area contributed by atoms with Gasteiger partial charge in [-0.3, -0.25) is 0 Å². The monoisotopic (exact) mass is 178 g/mol. The van der Waals surface area contributed by atoms with Crippen molar-refractivity contribution in [2.45, 2.75) is 12.8 Å². The van der Waals surface area contributed by atoms with Gasteiger partial charge in [-0.1, -0.05) is 0 Å². The summed E-state index contributed by atoms with van der Waals surface area (Å²) in [5.74, 6) is 0. The molecule has 0 aliphatic carbocycles. The maximum atomic E-state index is 5.13. The molecule has 0 saturated heterocycles. The molecule has 0 amide bonds. The summed E-state index contributed by atoms with van der Waals surface area (Å²) in [6.07, 6.45) is 4.04. The zero-order chi connectivity index (χ0) is 4.83. The predicted molar refractivity (Wildman–Crippen MR) is 27.9 cm³/mol. The van der Waals surface area contributed by atoms with Crippen LogP contribution in [0.1, 0.15) is 12.8 Å². The summed E-state index contributed by atoms with van der Waals surface area (Å²) in [5.41, 5.74) is 5.13. The molecule has 0 fully saturated rings. The molecule has 0 bridgehead atoms. The van der Waals surface area contributed by atoms with E-state index in [9.17, 15) is 0 Å². The zero-order valence-electron chi connectivity index (χ0n) is 4.43. The fraction of sp³-hybridized carbons (Fsp3) is 0.600. The van der Waals surface area contributed by atoms with Crippen LogP contribution < -0.4 is 5.73 Å². The topological polar surface area (TPSA) is 26.0 Å². The van der Waals surface area contributed by atoms with Gasteiger partial charge >= 0.3 is 22.4 Å². The van der Waals surface area contributed by atoms with Crippen LogP contribution in [0.25, 0.3) is 0 Å². The molecule has 7 heavy (non-hydrogen) atoms. The molecule has 0 aromatic heterocycles. The van der Waals surface area contributed by atoms with Crippen LogP contribution in [-0.4, -0.2) is 6.54 Å². The van der Waals surface area contributed by atoms with E-state index in [0.717, 1.165) is 12.8 Å². The normalized spacial score (nSPS) is 7.71. The van der Waals surface area contributed by atoms with Gasteiger partial charge in [-0.25, -0.2) is 12.8 Å². The van der Waals surface area contributed by atoms with Gasteiger partial charge in [-0.05, 0) is 0 Å². The van der Waals surface area contributed by atoms with Crippen molar-refractivity contribution in [2.75, 3.05) is 6.54 Å². The third-order valence-corrected chi connectivity index (χ3v) is 0.575. The van der Waals surface area contributed by atoms with E-state index < -0.39 is 0 Å². The van der Waals surface area contributed by atoms with Crippen LogP contribution in [0, 0.1) is 13.3 Å².